The highest BCUT2D eigenvalue weighted by molar-refractivity contribution is 5.91. The molecule has 8 nitrogen and oxygen atoms in total. The fourth-order valence-electron chi connectivity index (χ4n) is 4.39. The summed E-state index contributed by atoms with van der Waals surface area (Å²) in [4.78, 5) is 25.4. The van der Waals surface area contributed by atoms with Crippen LogP contribution >= 0.6 is 0 Å². The van der Waals surface area contributed by atoms with Crippen LogP contribution in [0.5, 0.6) is 0 Å². The quantitative estimate of drug-likeness (QED) is 0.269. The van der Waals surface area contributed by atoms with Gasteiger partial charge in [0.25, 0.3) is 11.6 Å². The third-order valence-corrected chi connectivity index (χ3v) is 6.12. The smallest absolute Gasteiger partial charge is 0.286 e. The highest BCUT2D eigenvalue weighted by atomic mass is 16.6. The Morgan fingerprint density at radius 1 is 1.12 bits per heavy atom. The van der Waals surface area contributed by atoms with Gasteiger partial charge >= 0.3 is 0 Å². The Morgan fingerprint density at radius 2 is 1.94 bits per heavy atom. The number of carbonyl (C=O) groups excluding carboxylic acids is 1. The molecule has 3 aromatic rings. The summed E-state index contributed by atoms with van der Waals surface area (Å²) in [7, 11) is 0. The zero-order valence-electron chi connectivity index (χ0n) is 18.9. The molecular formula is C25H30N4O4. The number of nitrogens with one attached hydrogen (secondary N) is 1. The monoisotopic (exact) mass is 450 g/mol. The number of furan rings is 1. The molecule has 3 heterocycles. The summed E-state index contributed by atoms with van der Waals surface area (Å²) in [5.41, 5.74) is 2.19. The molecule has 1 N–H and O–H groups in total. The van der Waals surface area contributed by atoms with E-state index in [1.165, 1.54) is 6.42 Å². The molecule has 0 saturated carbocycles. The highest BCUT2D eigenvalue weighted by Crippen LogP contribution is 2.34. The van der Waals surface area contributed by atoms with E-state index in [-0.39, 0.29) is 22.6 Å². The molecule has 8 heteroatoms. The van der Waals surface area contributed by atoms with Gasteiger partial charge in [0.15, 0.2) is 5.76 Å². The van der Waals surface area contributed by atoms with E-state index in [2.05, 4.69) is 34.0 Å². The lowest BCUT2D eigenvalue weighted by molar-refractivity contribution is -0.384. The van der Waals surface area contributed by atoms with Gasteiger partial charge in [-0.2, -0.15) is 0 Å². The second-order valence-electron chi connectivity index (χ2n) is 8.43. The van der Waals surface area contributed by atoms with Crippen molar-refractivity contribution in [1.29, 1.82) is 0 Å². The number of carbonyl (C=O) groups is 1. The Kier molecular flexibility index (Phi) is 7.24. The number of fused-ring (bicyclic) bond motifs is 1. The fraction of sp³-hybridized carbons (Fsp3) is 0.400. The van der Waals surface area contributed by atoms with Crippen LogP contribution in [0.15, 0.2) is 59.1 Å². The molecule has 0 bridgehead atoms. The molecule has 33 heavy (non-hydrogen) atoms. The van der Waals surface area contributed by atoms with Gasteiger partial charge in [-0.05, 0) is 36.2 Å². The summed E-state index contributed by atoms with van der Waals surface area (Å²) in [6, 6.07) is 14.4. The maximum Gasteiger partial charge on any atom is 0.286 e. The van der Waals surface area contributed by atoms with E-state index in [0.29, 0.717) is 18.8 Å². The first-order valence-corrected chi connectivity index (χ1v) is 11.6. The van der Waals surface area contributed by atoms with Crippen molar-refractivity contribution in [2.45, 2.75) is 51.7 Å². The molecule has 174 valence electrons. The van der Waals surface area contributed by atoms with Crippen LogP contribution in [0.4, 0.5) is 5.69 Å². The summed E-state index contributed by atoms with van der Waals surface area (Å²) in [6.07, 6.45) is 6.48. The van der Waals surface area contributed by atoms with Crippen molar-refractivity contribution < 1.29 is 14.1 Å². The van der Waals surface area contributed by atoms with Crippen molar-refractivity contribution in [3.8, 4) is 0 Å². The van der Waals surface area contributed by atoms with Crippen molar-refractivity contribution in [2.75, 3.05) is 13.1 Å². The highest BCUT2D eigenvalue weighted by Gasteiger charge is 2.30. The SMILES string of the molecule is CCCCCCNC(=O)c1ccc(CN2CCn3cccc3C2c2ccc([N+](=O)[O-])cc2)o1. The number of unbranched alkanes of at least 4 members (excludes halogenated alkanes) is 3. The first kappa shape index (κ1) is 22.8. The number of hydrogen-bond acceptors (Lipinski definition) is 5. The number of nitro groups is 1. The van der Waals surface area contributed by atoms with Gasteiger partial charge < -0.3 is 14.3 Å². The predicted molar refractivity (Wildman–Crippen MR) is 125 cm³/mol. The Hall–Kier alpha value is -3.39. The number of aromatic nitrogens is 1. The number of benzene rings is 1. The van der Waals surface area contributed by atoms with E-state index in [0.717, 1.165) is 49.4 Å². The lowest BCUT2D eigenvalue weighted by Crippen LogP contribution is -2.37. The van der Waals surface area contributed by atoms with Crippen LogP contribution in [0.3, 0.4) is 0 Å². The molecule has 1 aliphatic rings. The average Bonchev–Trinajstić information content (AvgIpc) is 3.48. The molecule has 0 fully saturated rings. The Bertz CT molecular complexity index is 1090. The topological polar surface area (TPSA) is 93.5 Å². The summed E-state index contributed by atoms with van der Waals surface area (Å²) in [5, 5.41) is 14.0. The van der Waals surface area contributed by atoms with Crippen molar-refractivity contribution in [1.82, 2.24) is 14.8 Å². The second-order valence-corrected chi connectivity index (χ2v) is 8.43. The molecule has 0 spiro atoms. The predicted octanol–water partition coefficient (Wildman–Crippen LogP) is 4.90. The van der Waals surface area contributed by atoms with Crippen LogP contribution in [0, 0.1) is 10.1 Å². The molecule has 1 unspecified atom stereocenters. The molecule has 0 aliphatic carbocycles. The van der Waals surface area contributed by atoms with Gasteiger partial charge in [0.1, 0.15) is 5.76 Å². The van der Waals surface area contributed by atoms with Crippen LogP contribution in [-0.4, -0.2) is 33.4 Å². The second kappa shape index (κ2) is 10.5. The fourth-order valence-corrected chi connectivity index (χ4v) is 4.39. The Labute approximate surface area is 193 Å². The number of non-ortho nitro benzene ring substituents is 1. The summed E-state index contributed by atoms with van der Waals surface area (Å²) >= 11 is 0. The third-order valence-electron chi connectivity index (χ3n) is 6.12. The third kappa shape index (κ3) is 5.34. The van der Waals surface area contributed by atoms with Crippen LogP contribution in [0.1, 0.15) is 66.2 Å². The Morgan fingerprint density at radius 3 is 2.70 bits per heavy atom. The van der Waals surface area contributed by atoms with Gasteiger partial charge in [-0.25, -0.2) is 0 Å². The van der Waals surface area contributed by atoms with Crippen molar-refractivity contribution >= 4 is 11.6 Å². The molecule has 2 aromatic heterocycles. The van der Waals surface area contributed by atoms with Crippen LogP contribution in [0.2, 0.25) is 0 Å². The van der Waals surface area contributed by atoms with Gasteiger partial charge in [0, 0.05) is 43.7 Å². The van der Waals surface area contributed by atoms with Gasteiger partial charge in [-0.1, -0.05) is 38.3 Å². The molecule has 4 rings (SSSR count). The summed E-state index contributed by atoms with van der Waals surface area (Å²) in [5.74, 6) is 0.864. The number of hydrogen-bond donors (Lipinski definition) is 1. The molecule has 0 radical (unpaired) electrons. The van der Waals surface area contributed by atoms with E-state index >= 15 is 0 Å². The average molecular weight is 451 g/mol. The number of nitrogens with zero attached hydrogens (tertiary/aromatic N) is 3. The van der Waals surface area contributed by atoms with Gasteiger partial charge in [0.05, 0.1) is 17.5 Å². The first-order chi connectivity index (χ1) is 16.1. The lowest BCUT2D eigenvalue weighted by Gasteiger charge is -2.36. The molecule has 1 aliphatic heterocycles. The molecule has 1 amide bonds. The minimum atomic E-state index is -0.385. The van der Waals surface area contributed by atoms with Crippen molar-refractivity contribution in [3.63, 3.8) is 0 Å². The Balaban J connectivity index is 1.47. The molecule has 0 saturated heterocycles. The van der Waals surface area contributed by atoms with E-state index in [9.17, 15) is 14.9 Å². The first-order valence-electron chi connectivity index (χ1n) is 11.6. The van der Waals surface area contributed by atoms with E-state index < -0.39 is 0 Å². The van der Waals surface area contributed by atoms with Gasteiger partial charge in [0.2, 0.25) is 0 Å². The minimum Gasteiger partial charge on any atom is -0.455 e. The van der Waals surface area contributed by atoms with E-state index in [1.54, 1.807) is 18.2 Å². The van der Waals surface area contributed by atoms with Crippen molar-refractivity contribution in [3.05, 3.63) is 87.6 Å². The van der Waals surface area contributed by atoms with E-state index in [1.807, 2.05) is 24.3 Å². The molecule has 1 aromatic carbocycles. The number of rotatable bonds is 10. The van der Waals surface area contributed by atoms with Crippen LogP contribution in [-0.2, 0) is 13.1 Å². The number of nitro benzene ring substituents is 1. The molecular weight excluding hydrogens is 420 g/mol. The summed E-state index contributed by atoms with van der Waals surface area (Å²) in [6.45, 7) is 4.99. The largest absolute Gasteiger partial charge is 0.455 e. The summed E-state index contributed by atoms with van der Waals surface area (Å²) < 4.78 is 8.09. The zero-order valence-corrected chi connectivity index (χ0v) is 18.9. The maximum atomic E-state index is 12.4. The normalized spacial score (nSPS) is 15.8. The minimum absolute atomic E-state index is 0.0597. The van der Waals surface area contributed by atoms with Gasteiger partial charge in [-0.15, -0.1) is 0 Å². The maximum absolute atomic E-state index is 12.4. The van der Waals surface area contributed by atoms with Crippen molar-refractivity contribution in [2.24, 2.45) is 0 Å². The van der Waals surface area contributed by atoms with E-state index in [4.69, 9.17) is 4.42 Å². The lowest BCUT2D eigenvalue weighted by atomic mass is 9.99. The van der Waals surface area contributed by atoms with Crippen LogP contribution < -0.4 is 5.32 Å². The van der Waals surface area contributed by atoms with Gasteiger partial charge in [-0.3, -0.25) is 19.8 Å². The van der Waals surface area contributed by atoms with Crippen LogP contribution in [0.25, 0.3) is 0 Å². The molecule has 1 atom stereocenters. The number of amides is 1. The zero-order chi connectivity index (χ0) is 23.2. The standard InChI is InChI=1S/C25H30N4O4/c1-2-3-4-5-14-26-25(30)23-13-12-21(33-23)18-28-17-16-27-15-6-7-22(27)24(28)19-8-10-20(11-9-19)29(31)32/h6-13,15,24H,2-5,14,16-18H2,1H3,(H,26,30).